The minimum Gasteiger partial charge on any atom is -0.476 e. The highest BCUT2D eigenvalue weighted by Crippen LogP contribution is 2.09. The lowest BCUT2D eigenvalue weighted by Gasteiger charge is -2.19. The first kappa shape index (κ1) is 17.9. The number of aromatic nitrogens is 3. The molecule has 0 fully saturated rings. The first-order chi connectivity index (χ1) is 10.2. The predicted octanol–water partition coefficient (Wildman–Crippen LogP) is 0.426. The van der Waals surface area contributed by atoms with Gasteiger partial charge >= 0.3 is 12.1 Å². The summed E-state index contributed by atoms with van der Waals surface area (Å²) >= 11 is 0. The number of carbonyl (C=O) groups excluding carboxylic acids is 1. The van der Waals surface area contributed by atoms with Crippen LogP contribution in [-0.4, -0.2) is 56.0 Å². The van der Waals surface area contributed by atoms with Gasteiger partial charge in [0.25, 0.3) is 0 Å². The van der Waals surface area contributed by atoms with Crippen molar-refractivity contribution in [3.8, 4) is 0 Å². The Hall–Kier alpha value is -2.16. The fraction of sp³-hybridized carbons (Fsp3) is 0.692. The molecule has 0 aliphatic rings. The number of nitrogens with one attached hydrogen (secondary N) is 1. The summed E-state index contributed by atoms with van der Waals surface area (Å²) in [5.74, 6) is -1.18. The van der Waals surface area contributed by atoms with Crippen LogP contribution in [0.1, 0.15) is 43.4 Å². The molecular formula is C13H22N4O5. The van der Waals surface area contributed by atoms with E-state index in [1.54, 1.807) is 20.8 Å². The summed E-state index contributed by atoms with van der Waals surface area (Å²) in [6, 6.07) is 0. The van der Waals surface area contributed by atoms with Gasteiger partial charge < -0.3 is 20.3 Å². The summed E-state index contributed by atoms with van der Waals surface area (Å²) in [6.45, 7) is 5.78. The molecular weight excluding hydrogens is 292 g/mol. The van der Waals surface area contributed by atoms with E-state index >= 15 is 0 Å². The van der Waals surface area contributed by atoms with Crippen molar-refractivity contribution >= 4 is 12.1 Å². The number of aryl methyl sites for hydroxylation is 1. The van der Waals surface area contributed by atoms with Crippen LogP contribution in [0, 0.1) is 0 Å². The maximum Gasteiger partial charge on any atom is 0.407 e. The van der Waals surface area contributed by atoms with Gasteiger partial charge in [0.05, 0.1) is 5.69 Å². The van der Waals surface area contributed by atoms with Crippen molar-refractivity contribution in [1.82, 2.24) is 20.3 Å². The molecule has 22 heavy (non-hydrogen) atoms. The van der Waals surface area contributed by atoms with Gasteiger partial charge in [0.15, 0.2) is 5.69 Å². The average Bonchev–Trinajstić information content (AvgIpc) is 2.77. The number of carbonyl (C=O) groups is 2. The van der Waals surface area contributed by atoms with Crippen LogP contribution in [0.15, 0.2) is 0 Å². The molecule has 0 atom stereocenters. The number of nitrogens with zero attached hydrogens (tertiary/aromatic N) is 3. The molecule has 1 amide bonds. The second-order valence-electron chi connectivity index (χ2n) is 5.67. The summed E-state index contributed by atoms with van der Waals surface area (Å²) in [4.78, 5) is 22.7. The number of aliphatic hydroxyl groups excluding tert-OH is 1. The normalized spacial score (nSPS) is 11.3. The topological polar surface area (TPSA) is 127 Å². The van der Waals surface area contributed by atoms with Gasteiger partial charge in [-0.2, -0.15) is 0 Å². The molecule has 0 saturated carbocycles. The number of aliphatic hydroxyl groups is 1. The Bertz CT molecular complexity index is 521. The highest BCUT2D eigenvalue weighted by molar-refractivity contribution is 5.86. The monoisotopic (exact) mass is 314 g/mol. The van der Waals surface area contributed by atoms with Gasteiger partial charge in [0, 0.05) is 26.1 Å². The van der Waals surface area contributed by atoms with Crippen LogP contribution in [0.3, 0.4) is 0 Å². The van der Waals surface area contributed by atoms with Crippen LogP contribution < -0.4 is 5.32 Å². The van der Waals surface area contributed by atoms with Crippen molar-refractivity contribution in [2.45, 2.75) is 45.8 Å². The number of ether oxygens (including phenoxy) is 1. The molecule has 0 bridgehead atoms. The zero-order chi connectivity index (χ0) is 16.8. The van der Waals surface area contributed by atoms with E-state index in [-0.39, 0.29) is 25.3 Å². The van der Waals surface area contributed by atoms with Crippen LogP contribution in [0.5, 0.6) is 0 Å². The molecule has 124 valence electrons. The van der Waals surface area contributed by atoms with Gasteiger partial charge in [-0.05, 0) is 27.2 Å². The Morgan fingerprint density at radius 1 is 1.36 bits per heavy atom. The first-order valence-corrected chi connectivity index (χ1v) is 6.98. The summed E-state index contributed by atoms with van der Waals surface area (Å²) in [7, 11) is 0. The van der Waals surface area contributed by atoms with Crippen LogP contribution >= 0.6 is 0 Å². The highest BCUT2D eigenvalue weighted by Gasteiger charge is 2.20. The van der Waals surface area contributed by atoms with Crippen molar-refractivity contribution < 1.29 is 24.5 Å². The van der Waals surface area contributed by atoms with Crippen molar-refractivity contribution in [2.24, 2.45) is 0 Å². The maximum absolute atomic E-state index is 11.5. The lowest BCUT2D eigenvalue weighted by molar-refractivity contribution is 0.0528. The number of amides is 1. The molecule has 3 N–H and O–H groups in total. The Balaban J connectivity index is 2.65. The van der Waals surface area contributed by atoms with E-state index in [9.17, 15) is 9.59 Å². The lowest BCUT2D eigenvalue weighted by atomic mass is 10.2. The first-order valence-electron chi connectivity index (χ1n) is 6.98. The number of carboxylic acid groups (broad SMARTS) is 1. The molecule has 1 aromatic rings. The molecule has 0 aliphatic carbocycles. The van der Waals surface area contributed by atoms with Crippen LogP contribution in [0.2, 0.25) is 0 Å². The smallest absolute Gasteiger partial charge is 0.407 e. The fourth-order valence-corrected chi connectivity index (χ4v) is 1.74. The van der Waals surface area contributed by atoms with E-state index in [0.717, 1.165) is 0 Å². The molecule has 0 spiro atoms. The Morgan fingerprint density at radius 2 is 2.05 bits per heavy atom. The average molecular weight is 314 g/mol. The lowest BCUT2D eigenvalue weighted by Crippen LogP contribution is -2.34. The van der Waals surface area contributed by atoms with Gasteiger partial charge in [-0.3, -0.25) is 0 Å². The van der Waals surface area contributed by atoms with Crippen LogP contribution in [0.4, 0.5) is 4.79 Å². The molecule has 1 aromatic heterocycles. The third kappa shape index (κ3) is 5.68. The number of hydrogen-bond acceptors (Lipinski definition) is 6. The summed E-state index contributed by atoms with van der Waals surface area (Å²) in [6.07, 6.45) is 0.118. The molecule has 9 heteroatoms. The summed E-state index contributed by atoms with van der Waals surface area (Å²) in [5, 5.41) is 27.9. The predicted molar refractivity (Wildman–Crippen MR) is 76.6 cm³/mol. The number of hydrogen-bond donors (Lipinski definition) is 3. The summed E-state index contributed by atoms with van der Waals surface area (Å²) in [5.41, 5.74) is -0.346. The second kappa shape index (κ2) is 7.74. The van der Waals surface area contributed by atoms with Gasteiger partial charge in [-0.15, -0.1) is 5.10 Å². The third-order valence-corrected chi connectivity index (χ3v) is 2.60. The van der Waals surface area contributed by atoms with Gasteiger partial charge in [0.1, 0.15) is 5.60 Å². The molecule has 0 saturated heterocycles. The Labute approximate surface area is 128 Å². The molecule has 1 heterocycles. The van der Waals surface area contributed by atoms with Crippen molar-refractivity contribution in [3.63, 3.8) is 0 Å². The van der Waals surface area contributed by atoms with E-state index < -0.39 is 17.7 Å². The molecule has 0 aliphatic heterocycles. The van der Waals surface area contributed by atoms with E-state index in [4.69, 9.17) is 14.9 Å². The minimum atomic E-state index is -1.18. The van der Waals surface area contributed by atoms with Crippen LogP contribution in [-0.2, 0) is 17.7 Å². The fourth-order valence-electron chi connectivity index (χ4n) is 1.74. The molecule has 9 nitrogen and oxygen atoms in total. The summed E-state index contributed by atoms with van der Waals surface area (Å²) < 4.78 is 6.52. The maximum atomic E-state index is 11.5. The molecule has 0 radical (unpaired) electrons. The van der Waals surface area contributed by atoms with Gasteiger partial charge in [0.2, 0.25) is 0 Å². The van der Waals surface area contributed by atoms with E-state index in [2.05, 4.69) is 15.6 Å². The Kier molecular flexibility index (Phi) is 6.29. The molecule has 0 unspecified atom stereocenters. The van der Waals surface area contributed by atoms with Gasteiger partial charge in [-0.25, -0.2) is 14.3 Å². The molecule has 0 aromatic carbocycles. The van der Waals surface area contributed by atoms with Gasteiger partial charge in [-0.1, -0.05) is 5.21 Å². The molecule has 1 rings (SSSR count). The number of aromatic carboxylic acids is 1. The SMILES string of the molecule is CC(C)(C)OC(=O)NCCc1c(C(=O)O)nnn1CCCO. The third-order valence-electron chi connectivity index (χ3n) is 2.60. The standard InChI is InChI=1S/C13H22N4O5/c1-13(2,3)22-12(21)14-6-5-9-10(11(19)20)15-16-17(9)7-4-8-18/h18H,4-8H2,1-3H3,(H,14,21)(H,19,20). The van der Waals surface area contributed by atoms with Crippen molar-refractivity contribution in [1.29, 1.82) is 0 Å². The largest absolute Gasteiger partial charge is 0.476 e. The zero-order valence-electron chi connectivity index (χ0n) is 13.0. The van der Waals surface area contributed by atoms with E-state index in [0.29, 0.717) is 18.7 Å². The second-order valence-corrected chi connectivity index (χ2v) is 5.67. The van der Waals surface area contributed by atoms with E-state index in [1.807, 2.05) is 0 Å². The van der Waals surface area contributed by atoms with E-state index in [1.165, 1.54) is 4.68 Å². The number of alkyl carbamates (subject to hydrolysis) is 1. The minimum absolute atomic E-state index is 0.0299. The van der Waals surface area contributed by atoms with Crippen molar-refractivity contribution in [2.75, 3.05) is 13.2 Å². The van der Waals surface area contributed by atoms with Crippen LogP contribution in [0.25, 0.3) is 0 Å². The number of rotatable bonds is 7. The number of carboxylic acids is 1. The highest BCUT2D eigenvalue weighted by atomic mass is 16.6. The zero-order valence-corrected chi connectivity index (χ0v) is 13.0. The van der Waals surface area contributed by atoms with Crippen molar-refractivity contribution in [3.05, 3.63) is 11.4 Å². The Morgan fingerprint density at radius 3 is 2.59 bits per heavy atom. The quantitative estimate of drug-likeness (QED) is 0.666.